The van der Waals surface area contributed by atoms with Crippen LogP contribution in [-0.2, 0) is 0 Å². The summed E-state index contributed by atoms with van der Waals surface area (Å²) in [4.78, 5) is 15.2. The van der Waals surface area contributed by atoms with Crippen LogP contribution in [0.15, 0.2) is 21.4 Å². The van der Waals surface area contributed by atoms with E-state index in [0.29, 0.717) is 4.88 Å². The molecule has 2 heterocycles. The van der Waals surface area contributed by atoms with Crippen LogP contribution in [0.5, 0.6) is 0 Å². The largest absolute Gasteiger partial charge is 0.297 e. The Morgan fingerprint density at radius 3 is 2.92 bits per heavy atom. The van der Waals surface area contributed by atoms with Crippen LogP contribution in [0.1, 0.15) is 9.67 Å². The van der Waals surface area contributed by atoms with Gasteiger partial charge in [-0.05, 0) is 22.0 Å². The van der Waals surface area contributed by atoms with E-state index in [1.807, 2.05) is 11.4 Å². The standard InChI is InChI=1S/C8H4BrNOS2/c9-7-1-5(4-12-7)8-10-2-6(3-11)13-8/h1-4H. The summed E-state index contributed by atoms with van der Waals surface area (Å²) >= 11 is 6.40. The molecule has 0 N–H and O–H groups in total. The summed E-state index contributed by atoms with van der Waals surface area (Å²) in [5, 5.41) is 2.90. The molecule has 0 saturated carbocycles. The minimum absolute atomic E-state index is 0.664. The average molecular weight is 274 g/mol. The van der Waals surface area contributed by atoms with E-state index in [-0.39, 0.29) is 0 Å². The van der Waals surface area contributed by atoms with Crippen LogP contribution < -0.4 is 0 Å². The Morgan fingerprint density at radius 2 is 2.38 bits per heavy atom. The number of carbonyl (C=O) groups is 1. The first kappa shape index (κ1) is 9.05. The fourth-order valence-corrected chi connectivity index (χ4v) is 2.83. The van der Waals surface area contributed by atoms with Crippen LogP contribution in [0, 0.1) is 0 Å². The van der Waals surface area contributed by atoms with E-state index in [1.165, 1.54) is 11.3 Å². The maximum absolute atomic E-state index is 10.4. The lowest BCUT2D eigenvalue weighted by molar-refractivity contribution is 0.112. The molecule has 0 aliphatic heterocycles. The predicted octanol–water partition coefficient (Wildman–Crippen LogP) is 3.45. The zero-order valence-corrected chi connectivity index (χ0v) is 9.58. The molecular formula is C8H4BrNOS2. The van der Waals surface area contributed by atoms with Gasteiger partial charge in [0, 0.05) is 17.1 Å². The summed E-state index contributed by atoms with van der Waals surface area (Å²) in [6.45, 7) is 0. The fraction of sp³-hybridized carbons (Fsp3) is 0. The van der Waals surface area contributed by atoms with Gasteiger partial charge in [0.05, 0.1) is 8.66 Å². The Kier molecular flexibility index (Phi) is 2.57. The molecule has 2 aromatic rings. The van der Waals surface area contributed by atoms with Gasteiger partial charge in [0.1, 0.15) is 5.01 Å². The van der Waals surface area contributed by atoms with Crippen molar-refractivity contribution in [1.29, 1.82) is 0 Å². The van der Waals surface area contributed by atoms with Crippen molar-refractivity contribution in [2.75, 3.05) is 0 Å². The normalized spacial score (nSPS) is 10.2. The summed E-state index contributed by atoms with van der Waals surface area (Å²) < 4.78 is 1.07. The van der Waals surface area contributed by atoms with Gasteiger partial charge in [0.15, 0.2) is 6.29 Å². The lowest BCUT2D eigenvalue weighted by Crippen LogP contribution is -1.66. The van der Waals surface area contributed by atoms with E-state index in [2.05, 4.69) is 20.9 Å². The molecule has 66 valence electrons. The zero-order chi connectivity index (χ0) is 9.26. The molecule has 0 amide bonds. The topological polar surface area (TPSA) is 30.0 Å². The van der Waals surface area contributed by atoms with E-state index in [9.17, 15) is 4.79 Å². The molecule has 0 fully saturated rings. The van der Waals surface area contributed by atoms with E-state index in [1.54, 1.807) is 17.5 Å². The SMILES string of the molecule is O=Cc1cnc(-c2csc(Br)c2)s1. The highest BCUT2D eigenvalue weighted by Gasteiger charge is 2.05. The van der Waals surface area contributed by atoms with Crippen molar-refractivity contribution in [2.24, 2.45) is 0 Å². The van der Waals surface area contributed by atoms with Crippen LogP contribution in [0.3, 0.4) is 0 Å². The lowest BCUT2D eigenvalue weighted by Gasteiger charge is -1.84. The first-order valence-corrected chi connectivity index (χ1v) is 5.94. The molecule has 2 aromatic heterocycles. The van der Waals surface area contributed by atoms with Crippen LogP contribution in [0.4, 0.5) is 0 Å². The van der Waals surface area contributed by atoms with Crippen molar-refractivity contribution in [3.63, 3.8) is 0 Å². The molecule has 13 heavy (non-hydrogen) atoms. The third-order valence-corrected chi connectivity index (χ3v) is 3.93. The molecular weight excluding hydrogens is 270 g/mol. The van der Waals surface area contributed by atoms with Gasteiger partial charge < -0.3 is 0 Å². The van der Waals surface area contributed by atoms with E-state index < -0.39 is 0 Å². The maximum atomic E-state index is 10.4. The number of carbonyl (C=O) groups excluding carboxylic acids is 1. The van der Waals surface area contributed by atoms with Crippen LogP contribution in [-0.4, -0.2) is 11.3 Å². The van der Waals surface area contributed by atoms with Crippen molar-refractivity contribution in [3.05, 3.63) is 26.3 Å². The second-order valence-electron chi connectivity index (χ2n) is 2.33. The number of hydrogen-bond donors (Lipinski definition) is 0. The Balaban J connectivity index is 2.40. The Labute approximate surface area is 91.4 Å². The fourth-order valence-electron chi connectivity index (χ4n) is 0.897. The van der Waals surface area contributed by atoms with Gasteiger partial charge in [-0.2, -0.15) is 0 Å². The summed E-state index contributed by atoms with van der Waals surface area (Å²) in [6, 6.07) is 2.00. The molecule has 2 rings (SSSR count). The van der Waals surface area contributed by atoms with Crippen molar-refractivity contribution in [1.82, 2.24) is 4.98 Å². The summed E-state index contributed by atoms with van der Waals surface area (Å²) in [6.07, 6.45) is 2.42. The highest BCUT2D eigenvalue weighted by molar-refractivity contribution is 9.11. The van der Waals surface area contributed by atoms with Crippen LogP contribution >= 0.6 is 38.6 Å². The first-order chi connectivity index (χ1) is 6.29. The molecule has 2 nitrogen and oxygen atoms in total. The Hall–Kier alpha value is -0.520. The zero-order valence-electron chi connectivity index (χ0n) is 6.36. The van der Waals surface area contributed by atoms with Gasteiger partial charge in [-0.3, -0.25) is 4.79 Å². The van der Waals surface area contributed by atoms with Crippen molar-refractivity contribution < 1.29 is 4.79 Å². The number of aromatic nitrogens is 1. The Morgan fingerprint density at radius 1 is 1.54 bits per heavy atom. The maximum Gasteiger partial charge on any atom is 0.161 e. The molecule has 0 spiro atoms. The van der Waals surface area contributed by atoms with Gasteiger partial charge in [-0.25, -0.2) is 4.98 Å². The number of thiazole rings is 1. The molecule has 0 aliphatic carbocycles. The quantitative estimate of drug-likeness (QED) is 0.785. The van der Waals surface area contributed by atoms with Gasteiger partial charge in [-0.15, -0.1) is 22.7 Å². The number of aldehydes is 1. The summed E-state index contributed by atoms with van der Waals surface area (Å²) in [5.74, 6) is 0. The minimum atomic E-state index is 0.664. The molecule has 0 aliphatic rings. The summed E-state index contributed by atoms with van der Waals surface area (Å²) in [5.41, 5.74) is 1.06. The van der Waals surface area contributed by atoms with Crippen molar-refractivity contribution in [2.45, 2.75) is 0 Å². The van der Waals surface area contributed by atoms with Crippen LogP contribution in [0.2, 0.25) is 0 Å². The summed E-state index contributed by atoms with van der Waals surface area (Å²) in [7, 11) is 0. The van der Waals surface area contributed by atoms with E-state index >= 15 is 0 Å². The number of thiophene rings is 1. The van der Waals surface area contributed by atoms with Crippen molar-refractivity contribution >= 4 is 44.9 Å². The van der Waals surface area contributed by atoms with E-state index in [4.69, 9.17) is 0 Å². The van der Waals surface area contributed by atoms with Gasteiger partial charge in [-0.1, -0.05) is 0 Å². The van der Waals surface area contributed by atoms with Gasteiger partial charge >= 0.3 is 0 Å². The highest BCUT2D eigenvalue weighted by Crippen LogP contribution is 2.31. The monoisotopic (exact) mass is 273 g/mol. The Bertz CT molecular complexity index is 435. The molecule has 0 bridgehead atoms. The molecule has 0 saturated heterocycles. The third kappa shape index (κ3) is 1.87. The molecule has 0 atom stereocenters. The highest BCUT2D eigenvalue weighted by atomic mass is 79.9. The molecule has 5 heteroatoms. The second-order valence-corrected chi connectivity index (χ2v) is 5.68. The second kappa shape index (κ2) is 3.69. The number of hydrogen-bond acceptors (Lipinski definition) is 4. The molecule has 0 aromatic carbocycles. The van der Waals surface area contributed by atoms with Gasteiger partial charge in [0.25, 0.3) is 0 Å². The number of rotatable bonds is 2. The lowest BCUT2D eigenvalue weighted by atomic mass is 10.4. The van der Waals surface area contributed by atoms with Crippen LogP contribution in [0.25, 0.3) is 10.6 Å². The smallest absolute Gasteiger partial charge is 0.161 e. The van der Waals surface area contributed by atoms with Crippen molar-refractivity contribution in [3.8, 4) is 10.6 Å². The average Bonchev–Trinajstić information content (AvgIpc) is 2.71. The number of nitrogens with zero attached hydrogens (tertiary/aromatic N) is 1. The number of halogens is 1. The minimum Gasteiger partial charge on any atom is -0.297 e. The van der Waals surface area contributed by atoms with E-state index in [0.717, 1.165) is 20.6 Å². The third-order valence-electron chi connectivity index (χ3n) is 1.45. The van der Waals surface area contributed by atoms with Gasteiger partial charge in [0.2, 0.25) is 0 Å². The predicted molar refractivity (Wildman–Crippen MR) is 58.5 cm³/mol. The molecule has 0 unspecified atom stereocenters. The first-order valence-electron chi connectivity index (χ1n) is 3.45. The molecule has 0 radical (unpaired) electrons.